The summed E-state index contributed by atoms with van der Waals surface area (Å²) in [7, 11) is 2.56. The van der Waals surface area contributed by atoms with Crippen LogP contribution in [-0.2, 0) is 28.9 Å². The van der Waals surface area contributed by atoms with Crippen LogP contribution in [0.5, 0.6) is 0 Å². The van der Waals surface area contributed by atoms with Gasteiger partial charge in [0.2, 0.25) is 15.9 Å². The second-order valence-corrected chi connectivity index (χ2v) is 11.0. The normalized spacial score (nSPS) is 16.8. The summed E-state index contributed by atoms with van der Waals surface area (Å²) < 4.78 is 29.0. The zero-order chi connectivity index (χ0) is 22.9. The van der Waals surface area contributed by atoms with Crippen LogP contribution in [0.25, 0.3) is 0 Å². The maximum absolute atomic E-state index is 13.0. The summed E-state index contributed by atoms with van der Waals surface area (Å²) in [5.41, 5.74) is -1.51. The second-order valence-electron chi connectivity index (χ2n) is 9.05. The predicted molar refractivity (Wildman–Crippen MR) is 114 cm³/mol. The molecule has 0 radical (unpaired) electrons. The average Bonchev–Trinajstić information content (AvgIpc) is 2.66. The standard InChI is InChI=1S/C19H33N5O5S/c1-19(2,13-21(3)4)12-20-16(25)14-7-9-24(10-8-14)30(28,29)15-11-22(5)18(27)23(6)17(15)26/h11,14H,7-10,12-13H2,1-6H3,(H,20,25). The SMILES string of the molecule is CN(C)CC(C)(C)CNC(=O)C1CCN(S(=O)(=O)c2cn(C)c(=O)n(C)c2=O)CC1. The molecule has 10 nitrogen and oxygen atoms in total. The van der Waals surface area contributed by atoms with Gasteiger partial charge in [0.25, 0.3) is 5.56 Å². The molecule has 1 aromatic heterocycles. The molecule has 0 atom stereocenters. The lowest BCUT2D eigenvalue weighted by molar-refractivity contribution is -0.126. The fourth-order valence-electron chi connectivity index (χ4n) is 3.83. The van der Waals surface area contributed by atoms with E-state index < -0.39 is 26.2 Å². The first-order chi connectivity index (χ1) is 13.8. The van der Waals surface area contributed by atoms with Crippen LogP contribution in [0.3, 0.4) is 0 Å². The molecule has 0 aromatic carbocycles. The van der Waals surface area contributed by atoms with E-state index in [0.29, 0.717) is 19.4 Å². The molecule has 1 amide bonds. The van der Waals surface area contributed by atoms with Crippen LogP contribution in [0, 0.1) is 11.3 Å². The molecule has 170 valence electrons. The average molecular weight is 444 g/mol. The first kappa shape index (κ1) is 24.3. The molecule has 1 fully saturated rings. The summed E-state index contributed by atoms with van der Waals surface area (Å²) in [6.07, 6.45) is 1.82. The van der Waals surface area contributed by atoms with Gasteiger partial charge in [0.15, 0.2) is 4.90 Å². The van der Waals surface area contributed by atoms with Gasteiger partial charge in [-0.2, -0.15) is 4.31 Å². The Balaban J connectivity index is 2.04. The van der Waals surface area contributed by atoms with Crippen LogP contribution in [0.15, 0.2) is 20.7 Å². The summed E-state index contributed by atoms with van der Waals surface area (Å²) in [6.45, 7) is 5.82. The highest BCUT2D eigenvalue weighted by atomic mass is 32.2. The lowest BCUT2D eigenvalue weighted by Crippen LogP contribution is -2.47. The zero-order valence-corrected chi connectivity index (χ0v) is 19.5. The van der Waals surface area contributed by atoms with Crippen molar-refractivity contribution in [1.29, 1.82) is 0 Å². The number of nitrogens with zero attached hydrogens (tertiary/aromatic N) is 4. The zero-order valence-electron chi connectivity index (χ0n) is 18.6. The number of carbonyl (C=O) groups is 1. The highest BCUT2D eigenvalue weighted by Crippen LogP contribution is 2.23. The number of sulfonamides is 1. The van der Waals surface area contributed by atoms with Crippen molar-refractivity contribution in [2.45, 2.75) is 31.6 Å². The van der Waals surface area contributed by atoms with Gasteiger partial charge in [0.05, 0.1) is 0 Å². The Kier molecular flexibility index (Phi) is 7.31. The number of amides is 1. The van der Waals surface area contributed by atoms with Gasteiger partial charge in [-0.25, -0.2) is 13.2 Å². The molecular weight excluding hydrogens is 410 g/mol. The Hall–Kier alpha value is -1.98. The minimum Gasteiger partial charge on any atom is -0.355 e. The first-order valence-corrected chi connectivity index (χ1v) is 11.4. The van der Waals surface area contributed by atoms with Gasteiger partial charge < -0.3 is 14.8 Å². The van der Waals surface area contributed by atoms with E-state index in [1.54, 1.807) is 0 Å². The summed E-state index contributed by atoms with van der Waals surface area (Å²) in [4.78, 5) is 38.4. The van der Waals surface area contributed by atoms with E-state index in [0.717, 1.165) is 21.9 Å². The van der Waals surface area contributed by atoms with Crippen LogP contribution in [0.1, 0.15) is 26.7 Å². The quantitative estimate of drug-likeness (QED) is 0.590. The highest BCUT2D eigenvalue weighted by molar-refractivity contribution is 7.89. The Morgan fingerprint density at radius 2 is 1.77 bits per heavy atom. The van der Waals surface area contributed by atoms with E-state index in [1.807, 2.05) is 14.1 Å². The lowest BCUT2D eigenvalue weighted by Gasteiger charge is -2.32. The molecule has 1 saturated heterocycles. The molecule has 1 N–H and O–H groups in total. The molecule has 0 bridgehead atoms. The van der Waals surface area contributed by atoms with Crippen molar-refractivity contribution in [3.63, 3.8) is 0 Å². The van der Waals surface area contributed by atoms with Gasteiger partial charge in [-0.1, -0.05) is 13.8 Å². The number of aromatic nitrogens is 2. The van der Waals surface area contributed by atoms with E-state index in [2.05, 4.69) is 24.1 Å². The number of hydrogen-bond donors (Lipinski definition) is 1. The second kappa shape index (κ2) is 9.03. The molecule has 11 heteroatoms. The Morgan fingerprint density at radius 3 is 2.30 bits per heavy atom. The Labute approximate surface area is 177 Å². The fraction of sp³-hybridized carbons (Fsp3) is 0.737. The van der Waals surface area contributed by atoms with Gasteiger partial charge in [0.1, 0.15) is 0 Å². The van der Waals surface area contributed by atoms with Crippen molar-refractivity contribution >= 4 is 15.9 Å². The molecule has 0 saturated carbocycles. The molecule has 1 aliphatic rings. The number of aryl methyl sites for hydroxylation is 1. The highest BCUT2D eigenvalue weighted by Gasteiger charge is 2.34. The molecule has 1 aliphatic heterocycles. The molecule has 2 rings (SSSR count). The van der Waals surface area contributed by atoms with Crippen LogP contribution >= 0.6 is 0 Å². The third-order valence-electron chi connectivity index (χ3n) is 5.34. The van der Waals surface area contributed by atoms with Gasteiger partial charge >= 0.3 is 5.69 Å². The molecule has 0 spiro atoms. The van der Waals surface area contributed by atoms with Crippen LogP contribution in [0.4, 0.5) is 0 Å². The summed E-state index contributed by atoms with van der Waals surface area (Å²) in [6, 6.07) is 0. The van der Waals surface area contributed by atoms with Gasteiger partial charge in [-0.3, -0.25) is 14.2 Å². The molecule has 2 heterocycles. The molecule has 30 heavy (non-hydrogen) atoms. The largest absolute Gasteiger partial charge is 0.355 e. The van der Waals surface area contributed by atoms with Crippen LogP contribution < -0.4 is 16.6 Å². The van der Waals surface area contributed by atoms with Crippen molar-refractivity contribution in [2.75, 3.05) is 40.3 Å². The van der Waals surface area contributed by atoms with Gasteiger partial charge in [-0.05, 0) is 32.4 Å². The summed E-state index contributed by atoms with van der Waals surface area (Å²) in [5, 5.41) is 2.99. The van der Waals surface area contributed by atoms with Gasteiger partial charge in [0, 0.05) is 52.4 Å². The third-order valence-corrected chi connectivity index (χ3v) is 7.22. The number of carbonyl (C=O) groups excluding carboxylic acids is 1. The maximum atomic E-state index is 13.0. The van der Waals surface area contributed by atoms with E-state index >= 15 is 0 Å². The first-order valence-electron chi connectivity index (χ1n) is 9.95. The van der Waals surface area contributed by atoms with Crippen LogP contribution in [0.2, 0.25) is 0 Å². The van der Waals surface area contributed by atoms with E-state index in [4.69, 9.17) is 0 Å². The van der Waals surface area contributed by atoms with E-state index in [1.165, 1.54) is 18.4 Å². The predicted octanol–water partition coefficient (Wildman–Crippen LogP) is -0.811. The number of hydrogen-bond acceptors (Lipinski definition) is 6. The minimum atomic E-state index is -4.05. The minimum absolute atomic E-state index is 0.0723. The Bertz CT molecular complexity index is 1000. The number of nitrogens with one attached hydrogen (secondary N) is 1. The maximum Gasteiger partial charge on any atom is 0.330 e. The monoisotopic (exact) mass is 443 g/mol. The van der Waals surface area contributed by atoms with Crippen molar-refractivity contribution < 1.29 is 13.2 Å². The Morgan fingerprint density at radius 1 is 1.20 bits per heavy atom. The number of piperidine rings is 1. The summed E-state index contributed by atoms with van der Waals surface area (Å²) in [5.74, 6) is -0.341. The van der Waals surface area contributed by atoms with Crippen molar-refractivity contribution in [3.05, 3.63) is 27.0 Å². The molecule has 0 aliphatic carbocycles. The van der Waals surface area contributed by atoms with Crippen LogP contribution in [-0.4, -0.2) is 72.9 Å². The molecule has 1 aromatic rings. The van der Waals surface area contributed by atoms with Crippen molar-refractivity contribution in [1.82, 2.24) is 23.7 Å². The fourth-order valence-corrected chi connectivity index (χ4v) is 5.45. The topological polar surface area (TPSA) is 114 Å². The molecular formula is C19H33N5O5S. The van der Waals surface area contributed by atoms with E-state index in [-0.39, 0.29) is 30.3 Å². The lowest BCUT2D eigenvalue weighted by atomic mass is 9.91. The number of rotatable bonds is 7. The third kappa shape index (κ3) is 5.38. The van der Waals surface area contributed by atoms with E-state index in [9.17, 15) is 22.8 Å². The smallest absolute Gasteiger partial charge is 0.330 e. The van der Waals surface area contributed by atoms with Gasteiger partial charge in [-0.15, -0.1) is 0 Å². The summed E-state index contributed by atoms with van der Waals surface area (Å²) >= 11 is 0. The van der Waals surface area contributed by atoms with Crippen molar-refractivity contribution in [3.8, 4) is 0 Å². The molecule has 0 unspecified atom stereocenters. The van der Waals surface area contributed by atoms with Crippen molar-refractivity contribution in [2.24, 2.45) is 25.4 Å².